The summed E-state index contributed by atoms with van der Waals surface area (Å²) in [5, 5.41) is 0.264. The number of rotatable bonds is 3. The number of sulfone groups is 1. The van der Waals surface area contributed by atoms with Crippen molar-refractivity contribution >= 4 is 27.5 Å². The summed E-state index contributed by atoms with van der Waals surface area (Å²) < 4.78 is 29.3. The molecule has 0 spiro atoms. The zero-order valence-electron chi connectivity index (χ0n) is 8.73. The van der Waals surface area contributed by atoms with Crippen LogP contribution in [0.2, 0.25) is 5.02 Å². The topological polar surface area (TPSA) is 43.4 Å². The molecule has 3 nitrogen and oxygen atoms in total. The number of benzene rings is 1. The highest BCUT2D eigenvalue weighted by atomic mass is 35.5. The van der Waals surface area contributed by atoms with Crippen molar-refractivity contribution in [1.82, 2.24) is 0 Å². The van der Waals surface area contributed by atoms with E-state index in [9.17, 15) is 8.42 Å². The Bertz CT molecular complexity index is 546. The van der Waals surface area contributed by atoms with Crippen molar-refractivity contribution in [2.75, 3.05) is 13.2 Å². The lowest BCUT2D eigenvalue weighted by Gasteiger charge is -2.04. The molecule has 1 aliphatic rings. The zero-order valence-corrected chi connectivity index (χ0v) is 10.3. The van der Waals surface area contributed by atoms with Crippen LogP contribution in [0.5, 0.6) is 0 Å². The fraction of sp³-hybridized carbons (Fsp3) is 0.273. The van der Waals surface area contributed by atoms with E-state index in [1.165, 1.54) is 0 Å². The maximum atomic E-state index is 12.1. The van der Waals surface area contributed by atoms with Crippen LogP contribution in [0.15, 0.2) is 28.0 Å². The van der Waals surface area contributed by atoms with E-state index in [0.717, 1.165) is 0 Å². The maximum Gasteiger partial charge on any atom is 0.207 e. The van der Waals surface area contributed by atoms with Gasteiger partial charge in [0.2, 0.25) is 9.84 Å². The fourth-order valence-electron chi connectivity index (χ4n) is 1.63. The van der Waals surface area contributed by atoms with Crippen LogP contribution in [0.25, 0.3) is 6.08 Å². The number of fused-ring (bicyclic) bond motifs is 1. The lowest BCUT2D eigenvalue weighted by atomic mass is 10.2. The van der Waals surface area contributed by atoms with Gasteiger partial charge in [0, 0.05) is 6.61 Å². The van der Waals surface area contributed by atoms with E-state index in [2.05, 4.69) is 0 Å². The first-order chi connectivity index (χ1) is 7.57. The Morgan fingerprint density at radius 2 is 2.12 bits per heavy atom. The van der Waals surface area contributed by atoms with E-state index in [1.807, 2.05) is 6.92 Å². The van der Waals surface area contributed by atoms with Gasteiger partial charge in [0.15, 0.2) is 0 Å². The Morgan fingerprint density at radius 1 is 1.38 bits per heavy atom. The minimum atomic E-state index is -3.45. The summed E-state index contributed by atoms with van der Waals surface area (Å²) in [6.45, 7) is 2.41. The Hall–Kier alpha value is -0.840. The van der Waals surface area contributed by atoms with Gasteiger partial charge in [-0.25, -0.2) is 8.42 Å². The molecule has 1 heterocycles. The van der Waals surface area contributed by atoms with E-state index in [4.69, 9.17) is 16.3 Å². The van der Waals surface area contributed by atoms with E-state index >= 15 is 0 Å². The number of hydrogen-bond donors (Lipinski definition) is 0. The van der Waals surface area contributed by atoms with Crippen LogP contribution < -0.4 is 0 Å². The molecule has 1 aliphatic heterocycles. The molecule has 1 aromatic carbocycles. The summed E-state index contributed by atoms with van der Waals surface area (Å²) in [5.74, 6) is 0. The second-order valence-electron chi connectivity index (χ2n) is 3.41. The Morgan fingerprint density at radius 3 is 2.75 bits per heavy atom. The molecular weight excluding hydrogens is 248 g/mol. The van der Waals surface area contributed by atoms with Gasteiger partial charge in [-0.3, -0.25) is 0 Å². The van der Waals surface area contributed by atoms with Crippen LogP contribution in [0, 0.1) is 0 Å². The van der Waals surface area contributed by atoms with Crippen LogP contribution >= 0.6 is 11.6 Å². The summed E-state index contributed by atoms with van der Waals surface area (Å²) in [6.07, 6.45) is 1.62. The molecular formula is C11H11ClO3S. The molecule has 0 radical (unpaired) electrons. The molecule has 0 amide bonds. The van der Waals surface area contributed by atoms with Gasteiger partial charge in [-0.1, -0.05) is 23.7 Å². The monoisotopic (exact) mass is 258 g/mol. The van der Waals surface area contributed by atoms with Gasteiger partial charge in [-0.15, -0.1) is 0 Å². The zero-order chi connectivity index (χ0) is 11.8. The SMILES string of the molecule is CCOCC1=Cc2cccc(Cl)c2S1(=O)=O. The van der Waals surface area contributed by atoms with Gasteiger partial charge in [0.05, 0.1) is 21.4 Å². The van der Waals surface area contributed by atoms with Crippen molar-refractivity contribution in [1.29, 1.82) is 0 Å². The van der Waals surface area contributed by atoms with Gasteiger partial charge in [0.25, 0.3) is 0 Å². The van der Waals surface area contributed by atoms with Crippen molar-refractivity contribution in [2.24, 2.45) is 0 Å². The molecule has 16 heavy (non-hydrogen) atoms. The van der Waals surface area contributed by atoms with Crippen LogP contribution in [0.4, 0.5) is 0 Å². The highest BCUT2D eigenvalue weighted by Crippen LogP contribution is 2.37. The van der Waals surface area contributed by atoms with Gasteiger partial charge in [0.1, 0.15) is 0 Å². The van der Waals surface area contributed by atoms with Gasteiger partial charge >= 0.3 is 0 Å². The Labute approximate surface area is 99.6 Å². The van der Waals surface area contributed by atoms with Gasteiger partial charge in [-0.05, 0) is 24.6 Å². The highest BCUT2D eigenvalue weighted by molar-refractivity contribution is 7.96. The fourth-order valence-corrected chi connectivity index (χ4v) is 3.66. The Kier molecular flexibility index (Phi) is 3.06. The largest absolute Gasteiger partial charge is 0.376 e. The van der Waals surface area contributed by atoms with Crippen molar-refractivity contribution < 1.29 is 13.2 Å². The summed E-state index contributed by atoms with van der Waals surface area (Å²) in [7, 11) is -3.45. The molecule has 2 rings (SSSR count). The van der Waals surface area contributed by atoms with Crippen molar-refractivity contribution in [2.45, 2.75) is 11.8 Å². The van der Waals surface area contributed by atoms with E-state index in [-0.39, 0.29) is 21.4 Å². The molecule has 0 saturated heterocycles. The lowest BCUT2D eigenvalue weighted by Crippen LogP contribution is -2.07. The molecule has 5 heteroatoms. The summed E-state index contributed by atoms with van der Waals surface area (Å²) in [4.78, 5) is 0.476. The van der Waals surface area contributed by atoms with E-state index < -0.39 is 9.84 Å². The van der Waals surface area contributed by atoms with E-state index in [0.29, 0.717) is 12.2 Å². The molecule has 0 fully saturated rings. The van der Waals surface area contributed by atoms with Crippen LogP contribution in [0.3, 0.4) is 0 Å². The summed E-state index contributed by atoms with van der Waals surface area (Å²) >= 11 is 5.90. The minimum Gasteiger partial charge on any atom is -0.376 e. The first-order valence-corrected chi connectivity index (χ1v) is 6.75. The van der Waals surface area contributed by atoms with Crippen LogP contribution in [0.1, 0.15) is 12.5 Å². The van der Waals surface area contributed by atoms with Crippen LogP contribution in [-0.2, 0) is 14.6 Å². The van der Waals surface area contributed by atoms with Crippen LogP contribution in [-0.4, -0.2) is 21.6 Å². The number of ether oxygens (including phenoxy) is 1. The third-order valence-corrected chi connectivity index (χ3v) is 4.72. The molecule has 86 valence electrons. The predicted molar refractivity (Wildman–Crippen MR) is 63.1 cm³/mol. The number of halogens is 1. The van der Waals surface area contributed by atoms with Gasteiger partial charge < -0.3 is 4.74 Å². The van der Waals surface area contributed by atoms with Crippen molar-refractivity contribution in [3.8, 4) is 0 Å². The molecule has 0 saturated carbocycles. The second-order valence-corrected chi connectivity index (χ2v) is 5.76. The third kappa shape index (κ3) is 1.77. The predicted octanol–water partition coefficient (Wildman–Crippen LogP) is 2.50. The first-order valence-electron chi connectivity index (χ1n) is 4.89. The highest BCUT2D eigenvalue weighted by Gasteiger charge is 2.31. The molecule has 0 atom stereocenters. The smallest absolute Gasteiger partial charge is 0.207 e. The van der Waals surface area contributed by atoms with Crippen molar-refractivity contribution in [3.05, 3.63) is 33.7 Å². The van der Waals surface area contributed by atoms with E-state index in [1.54, 1.807) is 24.3 Å². The van der Waals surface area contributed by atoms with Crippen molar-refractivity contribution in [3.63, 3.8) is 0 Å². The average Bonchev–Trinajstić information content (AvgIpc) is 2.48. The minimum absolute atomic E-state index is 0.101. The molecule has 0 aromatic heterocycles. The molecule has 0 bridgehead atoms. The maximum absolute atomic E-state index is 12.1. The standard InChI is InChI=1S/C11H11ClO3S/c1-2-15-7-9-6-8-4-3-5-10(12)11(8)16(9,13)14/h3-6H,2,7H2,1H3. The molecule has 0 aliphatic carbocycles. The Balaban J connectivity index is 2.48. The molecule has 1 aromatic rings. The summed E-state index contributed by atoms with van der Waals surface area (Å²) in [5.41, 5.74) is 0.641. The number of hydrogen-bond acceptors (Lipinski definition) is 3. The molecule has 0 N–H and O–H groups in total. The average molecular weight is 259 g/mol. The van der Waals surface area contributed by atoms with Gasteiger partial charge in [-0.2, -0.15) is 0 Å². The lowest BCUT2D eigenvalue weighted by molar-refractivity contribution is 0.175. The quantitative estimate of drug-likeness (QED) is 0.837. The summed E-state index contributed by atoms with van der Waals surface area (Å²) in [6, 6.07) is 5.05. The molecule has 0 unspecified atom stereocenters. The first kappa shape index (κ1) is 11.6. The third-order valence-electron chi connectivity index (χ3n) is 2.38. The second kappa shape index (κ2) is 4.20. The normalized spacial score (nSPS) is 17.0.